The number of H-pyrrole nitrogens is 1. The molecule has 1 aromatic heterocycles. The van der Waals surface area contributed by atoms with E-state index in [1.807, 2.05) is 6.07 Å². The van der Waals surface area contributed by atoms with E-state index < -0.39 is 0 Å². The standard InChI is InChI=1S/C13H14N4S/c14-13(18)17-16-11-7-3-5-9-8-4-1-2-6-10(8)15-12(9)11/h1-2,4,6,15H,3,5,7H2,(H3,14,17,18)/b16-11+. The number of fused-ring (bicyclic) bond motifs is 3. The fourth-order valence-electron chi connectivity index (χ4n) is 2.50. The number of benzene rings is 1. The number of thiocarbonyl (C=S) groups is 1. The van der Waals surface area contributed by atoms with E-state index in [0.717, 1.165) is 36.2 Å². The van der Waals surface area contributed by atoms with E-state index in [-0.39, 0.29) is 5.11 Å². The topological polar surface area (TPSA) is 66.2 Å². The van der Waals surface area contributed by atoms with Crippen molar-refractivity contribution in [1.82, 2.24) is 10.4 Å². The fourth-order valence-corrected chi connectivity index (χ4v) is 2.54. The van der Waals surface area contributed by atoms with Crippen molar-refractivity contribution >= 4 is 33.9 Å². The van der Waals surface area contributed by atoms with Crippen molar-refractivity contribution < 1.29 is 0 Å². The molecule has 0 unspecified atom stereocenters. The molecule has 4 nitrogen and oxygen atoms in total. The zero-order chi connectivity index (χ0) is 12.5. The maximum atomic E-state index is 5.41. The first kappa shape index (κ1) is 11.2. The third-order valence-electron chi connectivity index (χ3n) is 3.24. The van der Waals surface area contributed by atoms with Crippen LogP contribution in [-0.4, -0.2) is 15.8 Å². The zero-order valence-electron chi connectivity index (χ0n) is 9.86. The quantitative estimate of drug-likeness (QED) is 0.541. The van der Waals surface area contributed by atoms with Gasteiger partial charge in [-0.2, -0.15) is 5.10 Å². The minimum Gasteiger partial charge on any atom is -0.375 e. The summed E-state index contributed by atoms with van der Waals surface area (Å²) in [6, 6.07) is 8.34. The van der Waals surface area contributed by atoms with Crippen molar-refractivity contribution in [2.45, 2.75) is 19.3 Å². The molecule has 0 atom stereocenters. The van der Waals surface area contributed by atoms with Crippen LogP contribution in [-0.2, 0) is 6.42 Å². The molecule has 4 N–H and O–H groups in total. The van der Waals surface area contributed by atoms with Gasteiger partial charge in [0, 0.05) is 10.9 Å². The first-order valence-corrected chi connectivity index (χ1v) is 6.38. The molecule has 1 heterocycles. The average molecular weight is 258 g/mol. The monoisotopic (exact) mass is 258 g/mol. The molecular formula is C13H14N4S. The Hall–Kier alpha value is -1.88. The van der Waals surface area contributed by atoms with Crippen molar-refractivity contribution in [2.75, 3.05) is 0 Å². The zero-order valence-corrected chi connectivity index (χ0v) is 10.7. The number of para-hydroxylation sites is 1. The second-order valence-corrected chi connectivity index (χ2v) is 4.85. The summed E-state index contributed by atoms with van der Waals surface area (Å²) in [7, 11) is 0. The summed E-state index contributed by atoms with van der Waals surface area (Å²) in [6.45, 7) is 0. The molecule has 92 valence electrons. The van der Waals surface area contributed by atoms with Gasteiger partial charge in [0.1, 0.15) is 0 Å². The van der Waals surface area contributed by atoms with Crippen LogP contribution in [0.5, 0.6) is 0 Å². The van der Waals surface area contributed by atoms with Gasteiger partial charge in [-0.3, -0.25) is 5.43 Å². The van der Waals surface area contributed by atoms with E-state index in [4.69, 9.17) is 18.0 Å². The molecule has 1 aliphatic carbocycles. The molecule has 2 aromatic rings. The van der Waals surface area contributed by atoms with E-state index in [2.05, 4.69) is 33.7 Å². The highest BCUT2D eigenvalue weighted by Crippen LogP contribution is 2.29. The summed E-state index contributed by atoms with van der Waals surface area (Å²) in [5.41, 5.74) is 12.7. The van der Waals surface area contributed by atoms with E-state index >= 15 is 0 Å². The molecule has 0 saturated heterocycles. The lowest BCUT2D eigenvalue weighted by Crippen LogP contribution is -2.26. The predicted octanol–water partition coefficient (Wildman–Crippen LogP) is 2.04. The molecule has 0 radical (unpaired) electrons. The minimum absolute atomic E-state index is 0.200. The highest BCUT2D eigenvalue weighted by molar-refractivity contribution is 7.80. The molecule has 0 saturated carbocycles. The Labute approximate surface area is 110 Å². The van der Waals surface area contributed by atoms with E-state index in [1.54, 1.807) is 0 Å². The molecule has 5 heteroatoms. The molecule has 1 aliphatic rings. The summed E-state index contributed by atoms with van der Waals surface area (Å²) in [5.74, 6) is 0. The number of aryl methyl sites for hydroxylation is 1. The summed E-state index contributed by atoms with van der Waals surface area (Å²) in [4.78, 5) is 3.43. The van der Waals surface area contributed by atoms with Gasteiger partial charge in [0.15, 0.2) is 5.11 Å². The van der Waals surface area contributed by atoms with Crippen LogP contribution in [0, 0.1) is 0 Å². The van der Waals surface area contributed by atoms with Gasteiger partial charge in [0.05, 0.1) is 11.4 Å². The Bertz CT molecular complexity index is 641. The molecule has 0 spiro atoms. The van der Waals surface area contributed by atoms with E-state index in [9.17, 15) is 0 Å². The van der Waals surface area contributed by atoms with Crippen molar-refractivity contribution in [3.63, 3.8) is 0 Å². The van der Waals surface area contributed by atoms with Crippen LogP contribution in [0.15, 0.2) is 29.4 Å². The van der Waals surface area contributed by atoms with Gasteiger partial charge in [-0.25, -0.2) is 0 Å². The Morgan fingerprint density at radius 1 is 1.33 bits per heavy atom. The van der Waals surface area contributed by atoms with Gasteiger partial charge < -0.3 is 10.7 Å². The van der Waals surface area contributed by atoms with Gasteiger partial charge in [-0.15, -0.1) is 0 Å². The first-order chi connectivity index (χ1) is 8.75. The maximum absolute atomic E-state index is 5.41. The molecule has 0 aliphatic heterocycles. The smallest absolute Gasteiger partial charge is 0.184 e. The van der Waals surface area contributed by atoms with E-state index in [0.29, 0.717) is 0 Å². The number of aromatic amines is 1. The highest BCUT2D eigenvalue weighted by atomic mass is 32.1. The van der Waals surface area contributed by atoms with Crippen molar-refractivity contribution in [3.05, 3.63) is 35.5 Å². The average Bonchev–Trinajstić information content (AvgIpc) is 2.75. The number of aromatic nitrogens is 1. The molecule has 0 amide bonds. The van der Waals surface area contributed by atoms with Crippen molar-refractivity contribution in [1.29, 1.82) is 0 Å². The maximum Gasteiger partial charge on any atom is 0.184 e. The molecule has 0 bridgehead atoms. The lowest BCUT2D eigenvalue weighted by atomic mass is 9.94. The lowest BCUT2D eigenvalue weighted by Gasteiger charge is -2.14. The van der Waals surface area contributed by atoms with Crippen LogP contribution in [0.4, 0.5) is 0 Å². The number of nitrogens with zero attached hydrogens (tertiary/aromatic N) is 1. The first-order valence-electron chi connectivity index (χ1n) is 5.97. The Morgan fingerprint density at radius 3 is 3.00 bits per heavy atom. The fraction of sp³-hybridized carbons (Fsp3) is 0.231. The number of hydrogen-bond acceptors (Lipinski definition) is 2. The normalized spacial score (nSPS) is 16.8. The second-order valence-electron chi connectivity index (χ2n) is 4.41. The summed E-state index contributed by atoms with van der Waals surface area (Å²) < 4.78 is 0. The Morgan fingerprint density at radius 2 is 2.17 bits per heavy atom. The van der Waals surface area contributed by atoms with Crippen LogP contribution in [0.1, 0.15) is 24.1 Å². The summed E-state index contributed by atoms with van der Waals surface area (Å²) in [6.07, 6.45) is 3.13. The number of nitrogens with two attached hydrogens (primary N) is 1. The molecule has 3 rings (SSSR count). The third kappa shape index (κ3) is 1.86. The summed E-state index contributed by atoms with van der Waals surface area (Å²) >= 11 is 4.78. The third-order valence-corrected chi connectivity index (χ3v) is 3.33. The van der Waals surface area contributed by atoms with Crippen molar-refractivity contribution in [3.8, 4) is 0 Å². The number of hydrazone groups is 1. The largest absolute Gasteiger partial charge is 0.375 e. The number of rotatable bonds is 1. The van der Waals surface area contributed by atoms with Gasteiger partial charge in [0.2, 0.25) is 0 Å². The number of hydrogen-bond donors (Lipinski definition) is 3. The molecular weight excluding hydrogens is 244 g/mol. The van der Waals surface area contributed by atoms with Crippen LogP contribution in [0.3, 0.4) is 0 Å². The molecule has 0 fully saturated rings. The van der Waals surface area contributed by atoms with Crippen molar-refractivity contribution in [2.24, 2.45) is 10.8 Å². The number of nitrogens with one attached hydrogen (secondary N) is 2. The van der Waals surface area contributed by atoms with Crippen LogP contribution < -0.4 is 11.2 Å². The lowest BCUT2D eigenvalue weighted by molar-refractivity contribution is 0.829. The Kier molecular flexibility index (Phi) is 2.76. The predicted molar refractivity (Wildman–Crippen MR) is 77.7 cm³/mol. The van der Waals surface area contributed by atoms with Crippen LogP contribution >= 0.6 is 12.2 Å². The van der Waals surface area contributed by atoms with E-state index in [1.165, 1.54) is 10.9 Å². The molecule has 1 aromatic carbocycles. The van der Waals surface area contributed by atoms with Gasteiger partial charge in [-0.1, -0.05) is 18.2 Å². The van der Waals surface area contributed by atoms with Crippen LogP contribution in [0.25, 0.3) is 10.9 Å². The summed E-state index contributed by atoms with van der Waals surface area (Å²) in [5, 5.41) is 5.78. The SMILES string of the molecule is NC(=S)N/N=C1\CCCc2c1[nH]c1ccccc21. The Balaban J connectivity index is 2.10. The minimum atomic E-state index is 0.200. The second kappa shape index (κ2) is 4.42. The highest BCUT2D eigenvalue weighted by Gasteiger charge is 2.20. The van der Waals surface area contributed by atoms with Gasteiger partial charge in [-0.05, 0) is 43.1 Å². The van der Waals surface area contributed by atoms with Gasteiger partial charge in [0.25, 0.3) is 0 Å². The van der Waals surface area contributed by atoms with Crippen LogP contribution in [0.2, 0.25) is 0 Å². The molecule has 18 heavy (non-hydrogen) atoms. The van der Waals surface area contributed by atoms with Gasteiger partial charge >= 0.3 is 0 Å².